The molecule has 4 nitrogen and oxygen atoms in total. The van der Waals surface area contributed by atoms with Crippen molar-refractivity contribution < 1.29 is 9.50 Å². The van der Waals surface area contributed by atoms with Gasteiger partial charge in [0.1, 0.15) is 5.82 Å². The van der Waals surface area contributed by atoms with Crippen LogP contribution in [-0.4, -0.2) is 26.3 Å². The van der Waals surface area contributed by atoms with Gasteiger partial charge in [0.25, 0.3) is 0 Å². The molecule has 0 saturated heterocycles. The molecule has 2 aromatic heterocycles. The van der Waals surface area contributed by atoms with Gasteiger partial charge < -0.3 is 5.11 Å². The molecular formula is C8H8FN3O. The molecule has 0 amide bonds. The first kappa shape index (κ1) is 8.12. The first-order valence-electron chi connectivity index (χ1n) is 3.92. The molecule has 13 heavy (non-hydrogen) atoms. The van der Waals surface area contributed by atoms with E-state index < -0.39 is 5.82 Å². The second-order valence-corrected chi connectivity index (χ2v) is 2.64. The predicted octanol–water partition coefficient (Wildman–Crippen LogP) is 0.403. The summed E-state index contributed by atoms with van der Waals surface area (Å²) in [4.78, 5) is 0. The molecule has 0 unspecified atom stereocenters. The highest BCUT2D eigenvalue weighted by atomic mass is 19.1. The SMILES string of the molecule is OCCc1nnc2c(F)cccn12. The molecule has 0 aliphatic heterocycles. The van der Waals surface area contributed by atoms with Gasteiger partial charge in [-0.15, -0.1) is 10.2 Å². The summed E-state index contributed by atoms with van der Waals surface area (Å²) in [6, 6.07) is 2.90. The van der Waals surface area contributed by atoms with Gasteiger partial charge in [-0.25, -0.2) is 4.39 Å². The molecule has 0 saturated carbocycles. The van der Waals surface area contributed by atoms with Gasteiger partial charge in [-0.3, -0.25) is 4.40 Å². The lowest BCUT2D eigenvalue weighted by atomic mass is 10.4. The fraction of sp³-hybridized carbons (Fsp3) is 0.250. The molecule has 1 N–H and O–H groups in total. The highest BCUT2D eigenvalue weighted by Gasteiger charge is 2.07. The molecule has 0 spiro atoms. The van der Waals surface area contributed by atoms with Gasteiger partial charge in [-0.1, -0.05) is 0 Å². The van der Waals surface area contributed by atoms with Crippen molar-refractivity contribution in [3.05, 3.63) is 30.0 Å². The Morgan fingerprint density at radius 1 is 1.46 bits per heavy atom. The maximum atomic E-state index is 13.1. The van der Waals surface area contributed by atoms with E-state index in [0.717, 1.165) is 0 Å². The zero-order valence-corrected chi connectivity index (χ0v) is 6.81. The summed E-state index contributed by atoms with van der Waals surface area (Å²) in [5.74, 6) is 0.163. The van der Waals surface area contributed by atoms with Gasteiger partial charge in [0, 0.05) is 12.6 Å². The molecule has 2 heterocycles. The van der Waals surface area contributed by atoms with Crippen molar-refractivity contribution in [2.75, 3.05) is 6.61 Å². The molecule has 68 valence electrons. The first-order valence-corrected chi connectivity index (χ1v) is 3.92. The van der Waals surface area contributed by atoms with Crippen molar-refractivity contribution in [3.63, 3.8) is 0 Å². The number of pyridine rings is 1. The van der Waals surface area contributed by atoms with Crippen molar-refractivity contribution in [2.45, 2.75) is 6.42 Å². The molecule has 0 aliphatic rings. The normalized spacial score (nSPS) is 10.9. The molecule has 0 fully saturated rings. The summed E-state index contributed by atoms with van der Waals surface area (Å²) >= 11 is 0. The first-order chi connectivity index (χ1) is 6.33. The van der Waals surface area contributed by atoms with Gasteiger partial charge >= 0.3 is 0 Å². The van der Waals surface area contributed by atoms with E-state index >= 15 is 0 Å². The van der Waals surface area contributed by atoms with Crippen LogP contribution in [0.2, 0.25) is 0 Å². The molecule has 0 aliphatic carbocycles. The van der Waals surface area contributed by atoms with Crippen LogP contribution in [0.5, 0.6) is 0 Å². The van der Waals surface area contributed by atoms with E-state index in [0.29, 0.717) is 12.2 Å². The van der Waals surface area contributed by atoms with E-state index in [1.54, 1.807) is 12.3 Å². The Morgan fingerprint density at radius 2 is 2.31 bits per heavy atom. The van der Waals surface area contributed by atoms with Crippen LogP contribution in [0.25, 0.3) is 5.65 Å². The quantitative estimate of drug-likeness (QED) is 0.729. The van der Waals surface area contributed by atoms with Crippen LogP contribution in [-0.2, 0) is 6.42 Å². The van der Waals surface area contributed by atoms with E-state index in [9.17, 15) is 4.39 Å². The van der Waals surface area contributed by atoms with Crippen molar-refractivity contribution in [1.82, 2.24) is 14.6 Å². The standard InChI is InChI=1S/C8H8FN3O/c9-6-2-1-4-12-7(3-5-13)10-11-8(6)12/h1-2,4,13H,3,5H2. The topological polar surface area (TPSA) is 50.4 Å². The monoisotopic (exact) mass is 181 g/mol. The average molecular weight is 181 g/mol. The molecule has 2 aromatic rings. The Balaban J connectivity index is 2.61. The number of hydrogen-bond donors (Lipinski definition) is 1. The van der Waals surface area contributed by atoms with Crippen LogP contribution in [0.3, 0.4) is 0 Å². The highest BCUT2D eigenvalue weighted by molar-refractivity contribution is 5.39. The minimum atomic E-state index is -0.404. The van der Waals surface area contributed by atoms with E-state index in [1.165, 1.54) is 10.5 Å². The summed E-state index contributed by atoms with van der Waals surface area (Å²) in [7, 11) is 0. The fourth-order valence-electron chi connectivity index (χ4n) is 1.20. The molecule has 5 heteroatoms. The third-order valence-electron chi connectivity index (χ3n) is 1.79. The van der Waals surface area contributed by atoms with E-state index in [-0.39, 0.29) is 12.3 Å². The van der Waals surface area contributed by atoms with Crippen LogP contribution >= 0.6 is 0 Å². The van der Waals surface area contributed by atoms with Gasteiger partial charge in [0.15, 0.2) is 11.5 Å². The second-order valence-electron chi connectivity index (χ2n) is 2.64. The Labute approximate surface area is 73.6 Å². The van der Waals surface area contributed by atoms with Crippen LogP contribution in [0.4, 0.5) is 4.39 Å². The van der Waals surface area contributed by atoms with Gasteiger partial charge in [-0.05, 0) is 12.1 Å². The van der Waals surface area contributed by atoms with Gasteiger partial charge in [0.2, 0.25) is 0 Å². The number of halogens is 1. The number of rotatable bonds is 2. The van der Waals surface area contributed by atoms with E-state index in [1.807, 2.05) is 0 Å². The lowest BCUT2D eigenvalue weighted by Gasteiger charge is -1.96. The number of hydrogen-bond acceptors (Lipinski definition) is 3. The molecule has 2 rings (SSSR count). The largest absolute Gasteiger partial charge is 0.396 e. The molecule has 0 bridgehead atoms. The summed E-state index contributed by atoms with van der Waals surface area (Å²) < 4.78 is 14.6. The van der Waals surface area contributed by atoms with Crippen molar-refractivity contribution in [1.29, 1.82) is 0 Å². The summed E-state index contributed by atoms with van der Waals surface area (Å²) in [5.41, 5.74) is 0.200. The van der Waals surface area contributed by atoms with Crippen LogP contribution in [0.15, 0.2) is 18.3 Å². The lowest BCUT2D eigenvalue weighted by molar-refractivity contribution is 0.296. The Bertz CT molecular complexity index is 426. The predicted molar refractivity (Wildman–Crippen MR) is 43.7 cm³/mol. The van der Waals surface area contributed by atoms with Crippen LogP contribution < -0.4 is 0 Å². The van der Waals surface area contributed by atoms with Crippen LogP contribution in [0.1, 0.15) is 5.82 Å². The summed E-state index contributed by atoms with van der Waals surface area (Å²) in [6.45, 7) is -0.0166. The minimum Gasteiger partial charge on any atom is -0.396 e. The second kappa shape index (κ2) is 3.10. The van der Waals surface area contributed by atoms with Crippen molar-refractivity contribution >= 4 is 5.65 Å². The summed E-state index contributed by atoms with van der Waals surface area (Å²) in [5, 5.41) is 16.1. The molecule has 0 aromatic carbocycles. The summed E-state index contributed by atoms with van der Waals surface area (Å²) in [6.07, 6.45) is 2.05. The molecular weight excluding hydrogens is 173 g/mol. The lowest BCUT2D eigenvalue weighted by Crippen LogP contribution is -1.98. The average Bonchev–Trinajstić information content (AvgIpc) is 2.51. The maximum Gasteiger partial charge on any atom is 0.196 e. The number of fused-ring (bicyclic) bond motifs is 1. The number of nitrogens with zero attached hydrogens (tertiary/aromatic N) is 3. The minimum absolute atomic E-state index is 0.0166. The zero-order valence-electron chi connectivity index (χ0n) is 6.81. The van der Waals surface area contributed by atoms with Gasteiger partial charge in [-0.2, -0.15) is 0 Å². The van der Waals surface area contributed by atoms with Crippen LogP contribution in [0, 0.1) is 5.82 Å². The zero-order chi connectivity index (χ0) is 9.26. The van der Waals surface area contributed by atoms with E-state index in [4.69, 9.17) is 5.11 Å². The van der Waals surface area contributed by atoms with E-state index in [2.05, 4.69) is 10.2 Å². The number of aromatic nitrogens is 3. The van der Waals surface area contributed by atoms with Crippen molar-refractivity contribution in [3.8, 4) is 0 Å². The highest BCUT2D eigenvalue weighted by Crippen LogP contribution is 2.07. The number of aliphatic hydroxyl groups is 1. The third kappa shape index (κ3) is 1.27. The maximum absolute atomic E-state index is 13.1. The Kier molecular flexibility index (Phi) is 1.94. The van der Waals surface area contributed by atoms with Crippen molar-refractivity contribution in [2.24, 2.45) is 0 Å². The number of aliphatic hydroxyl groups excluding tert-OH is 1. The Hall–Kier alpha value is -1.49. The third-order valence-corrected chi connectivity index (χ3v) is 1.79. The molecule has 0 radical (unpaired) electrons. The smallest absolute Gasteiger partial charge is 0.196 e. The van der Waals surface area contributed by atoms with Gasteiger partial charge in [0.05, 0.1) is 6.61 Å². The Morgan fingerprint density at radius 3 is 3.08 bits per heavy atom. The fourth-order valence-corrected chi connectivity index (χ4v) is 1.20. The molecule has 0 atom stereocenters.